The van der Waals surface area contributed by atoms with Gasteiger partial charge >= 0.3 is 0 Å². The van der Waals surface area contributed by atoms with Gasteiger partial charge in [-0.15, -0.1) is 0 Å². The van der Waals surface area contributed by atoms with Crippen molar-refractivity contribution >= 4 is 49.6 Å². The van der Waals surface area contributed by atoms with E-state index in [0.717, 1.165) is 32.2 Å². The number of hydrogen-bond donors (Lipinski definition) is 1. The summed E-state index contributed by atoms with van der Waals surface area (Å²) in [5.74, 6) is 1.42. The summed E-state index contributed by atoms with van der Waals surface area (Å²) in [5.41, 5.74) is 2.15. The summed E-state index contributed by atoms with van der Waals surface area (Å²) < 4.78 is 7.93. The molecule has 0 aliphatic rings. The normalized spacial score (nSPS) is 11.3. The third-order valence-corrected chi connectivity index (χ3v) is 5.30. The summed E-state index contributed by atoms with van der Waals surface area (Å²) in [6.07, 6.45) is 0. The molecular weight excluding hydrogens is 432 g/mol. The standard InChI is InChI=1S/C22H21BrN4O2/c1-13(2)12-27-21-17(11-14-10-15(29-3)8-9-19(14)24-21)20(26-27)25-22(28)16-6-4-5-7-18(16)23/h4-11,13H,12H2,1-3H3,(H,25,26,28). The number of anilines is 1. The minimum atomic E-state index is -0.223. The van der Waals surface area contributed by atoms with E-state index in [1.807, 2.05) is 47.1 Å². The summed E-state index contributed by atoms with van der Waals surface area (Å²) in [6, 6.07) is 15.1. The number of methoxy groups -OCH3 is 1. The number of fused-ring (bicyclic) bond motifs is 2. The van der Waals surface area contributed by atoms with Crippen LogP contribution >= 0.6 is 15.9 Å². The van der Waals surface area contributed by atoms with Crippen molar-refractivity contribution in [2.75, 3.05) is 12.4 Å². The number of aromatic nitrogens is 3. The largest absolute Gasteiger partial charge is 0.497 e. The monoisotopic (exact) mass is 452 g/mol. The SMILES string of the molecule is COc1ccc2nc3c(cc2c1)c(NC(=O)c1ccccc1Br)nn3CC(C)C. The first-order valence-corrected chi connectivity index (χ1v) is 10.2. The van der Waals surface area contributed by atoms with Crippen LogP contribution in [0.3, 0.4) is 0 Å². The van der Waals surface area contributed by atoms with Gasteiger partial charge in [0, 0.05) is 16.4 Å². The molecule has 1 amide bonds. The first-order valence-electron chi connectivity index (χ1n) is 9.37. The lowest BCUT2D eigenvalue weighted by molar-refractivity contribution is 0.102. The summed E-state index contributed by atoms with van der Waals surface area (Å²) in [4.78, 5) is 17.7. The zero-order valence-electron chi connectivity index (χ0n) is 16.4. The first-order chi connectivity index (χ1) is 14.0. The molecule has 0 saturated carbocycles. The van der Waals surface area contributed by atoms with Gasteiger partial charge in [-0.2, -0.15) is 5.10 Å². The molecule has 29 heavy (non-hydrogen) atoms. The zero-order valence-corrected chi connectivity index (χ0v) is 18.0. The van der Waals surface area contributed by atoms with Crippen molar-refractivity contribution in [2.45, 2.75) is 20.4 Å². The molecule has 7 heteroatoms. The highest BCUT2D eigenvalue weighted by molar-refractivity contribution is 9.10. The van der Waals surface area contributed by atoms with E-state index in [4.69, 9.17) is 9.72 Å². The van der Waals surface area contributed by atoms with Gasteiger partial charge in [0.2, 0.25) is 0 Å². The van der Waals surface area contributed by atoms with Crippen LogP contribution in [0.25, 0.3) is 21.9 Å². The van der Waals surface area contributed by atoms with Crippen LogP contribution in [0.4, 0.5) is 5.82 Å². The van der Waals surface area contributed by atoms with Crippen LogP contribution < -0.4 is 10.1 Å². The fraction of sp³-hybridized carbons (Fsp3) is 0.227. The molecule has 0 unspecified atom stereocenters. The molecule has 2 aromatic heterocycles. The molecule has 6 nitrogen and oxygen atoms in total. The molecule has 0 radical (unpaired) electrons. The van der Waals surface area contributed by atoms with Gasteiger partial charge in [-0.05, 0) is 58.2 Å². The Labute approximate surface area is 177 Å². The number of amides is 1. The molecule has 148 valence electrons. The van der Waals surface area contributed by atoms with Gasteiger partial charge in [0.25, 0.3) is 5.91 Å². The molecule has 2 aromatic carbocycles. The maximum atomic E-state index is 12.8. The molecule has 0 bridgehead atoms. The number of carbonyl (C=O) groups excluding carboxylic acids is 1. The van der Waals surface area contributed by atoms with Crippen molar-refractivity contribution in [3.05, 3.63) is 58.6 Å². The number of pyridine rings is 1. The highest BCUT2D eigenvalue weighted by atomic mass is 79.9. The van der Waals surface area contributed by atoms with Crippen molar-refractivity contribution in [1.29, 1.82) is 0 Å². The smallest absolute Gasteiger partial charge is 0.258 e. The Hall–Kier alpha value is -2.93. The number of ether oxygens (including phenoxy) is 1. The lowest BCUT2D eigenvalue weighted by Crippen LogP contribution is -2.14. The Morgan fingerprint density at radius 2 is 2.00 bits per heavy atom. The van der Waals surface area contributed by atoms with Crippen molar-refractivity contribution < 1.29 is 9.53 Å². The minimum Gasteiger partial charge on any atom is -0.497 e. The first kappa shape index (κ1) is 19.4. The van der Waals surface area contributed by atoms with E-state index in [0.29, 0.717) is 23.8 Å². The van der Waals surface area contributed by atoms with Crippen molar-refractivity contribution in [3.63, 3.8) is 0 Å². The highest BCUT2D eigenvalue weighted by Gasteiger charge is 2.18. The molecule has 4 aromatic rings. The topological polar surface area (TPSA) is 69.0 Å². The molecule has 2 heterocycles. The van der Waals surface area contributed by atoms with Crippen LogP contribution in [-0.4, -0.2) is 27.8 Å². The molecular formula is C22H21BrN4O2. The Morgan fingerprint density at radius 3 is 2.72 bits per heavy atom. The maximum Gasteiger partial charge on any atom is 0.258 e. The summed E-state index contributed by atoms with van der Waals surface area (Å²) in [7, 11) is 1.64. The van der Waals surface area contributed by atoms with E-state index in [9.17, 15) is 4.79 Å². The van der Waals surface area contributed by atoms with Crippen molar-refractivity contribution in [1.82, 2.24) is 14.8 Å². The van der Waals surface area contributed by atoms with Gasteiger partial charge in [-0.1, -0.05) is 26.0 Å². The quantitative estimate of drug-likeness (QED) is 0.448. The van der Waals surface area contributed by atoms with Crippen molar-refractivity contribution in [3.8, 4) is 5.75 Å². The van der Waals surface area contributed by atoms with Crippen LogP contribution in [0.2, 0.25) is 0 Å². The summed E-state index contributed by atoms with van der Waals surface area (Å²) in [6.45, 7) is 4.95. The van der Waals surface area contributed by atoms with Crippen LogP contribution in [0.15, 0.2) is 53.0 Å². The van der Waals surface area contributed by atoms with Gasteiger partial charge in [-0.3, -0.25) is 4.79 Å². The molecule has 0 fully saturated rings. The van der Waals surface area contributed by atoms with Gasteiger partial charge in [0.1, 0.15) is 5.75 Å². The van der Waals surface area contributed by atoms with E-state index >= 15 is 0 Å². The lowest BCUT2D eigenvalue weighted by Gasteiger charge is -2.06. The fourth-order valence-electron chi connectivity index (χ4n) is 3.25. The summed E-state index contributed by atoms with van der Waals surface area (Å²) in [5, 5.41) is 9.35. The predicted octanol–water partition coefficient (Wildman–Crippen LogP) is 5.26. The van der Waals surface area contributed by atoms with Gasteiger partial charge in [0.05, 0.1) is 23.6 Å². The molecule has 0 aliphatic heterocycles. The lowest BCUT2D eigenvalue weighted by atomic mass is 10.1. The van der Waals surface area contributed by atoms with Gasteiger partial charge < -0.3 is 10.1 Å². The van der Waals surface area contributed by atoms with Gasteiger partial charge in [-0.25, -0.2) is 9.67 Å². The Bertz CT molecular complexity index is 1220. The molecule has 0 atom stereocenters. The second-order valence-corrected chi connectivity index (χ2v) is 8.13. The third kappa shape index (κ3) is 3.82. The van der Waals surface area contributed by atoms with E-state index in [1.54, 1.807) is 13.2 Å². The van der Waals surface area contributed by atoms with E-state index in [1.165, 1.54) is 0 Å². The molecule has 0 saturated heterocycles. The Kier molecular flexibility index (Phi) is 5.24. The fourth-order valence-corrected chi connectivity index (χ4v) is 3.71. The van der Waals surface area contributed by atoms with Crippen LogP contribution in [0.1, 0.15) is 24.2 Å². The predicted molar refractivity (Wildman–Crippen MR) is 119 cm³/mol. The number of hydrogen-bond acceptors (Lipinski definition) is 4. The van der Waals surface area contributed by atoms with E-state index in [2.05, 4.69) is 40.2 Å². The maximum absolute atomic E-state index is 12.8. The second kappa shape index (κ2) is 7.83. The van der Waals surface area contributed by atoms with Crippen LogP contribution in [0.5, 0.6) is 5.75 Å². The number of rotatable bonds is 5. The Balaban J connectivity index is 1.84. The average molecular weight is 453 g/mol. The Morgan fingerprint density at radius 1 is 1.21 bits per heavy atom. The molecule has 1 N–H and O–H groups in total. The average Bonchev–Trinajstić information content (AvgIpc) is 3.01. The third-order valence-electron chi connectivity index (χ3n) is 4.61. The number of carbonyl (C=O) groups is 1. The molecule has 0 spiro atoms. The number of nitrogens with zero attached hydrogens (tertiary/aromatic N) is 3. The van der Waals surface area contributed by atoms with Crippen LogP contribution in [-0.2, 0) is 6.54 Å². The van der Waals surface area contributed by atoms with Crippen LogP contribution in [0, 0.1) is 5.92 Å². The van der Waals surface area contributed by atoms with E-state index in [-0.39, 0.29) is 5.91 Å². The zero-order chi connectivity index (χ0) is 20.5. The van der Waals surface area contributed by atoms with Crippen molar-refractivity contribution in [2.24, 2.45) is 5.92 Å². The van der Waals surface area contributed by atoms with Gasteiger partial charge in [0.15, 0.2) is 11.5 Å². The highest BCUT2D eigenvalue weighted by Crippen LogP contribution is 2.29. The minimum absolute atomic E-state index is 0.223. The number of nitrogens with one attached hydrogen (secondary N) is 1. The summed E-state index contributed by atoms with van der Waals surface area (Å²) >= 11 is 3.43. The number of benzene rings is 2. The second-order valence-electron chi connectivity index (χ2n) is 7.28. The number of halogens is 1. The van der Waals surface area contributed by atoms with E-state index < -0.39 is 0 Å². The molecule has 4 rings (SSSR count). The molecule has 0 aliphatic carbocycles.